The van der Waals surface area contributed by atoms with Crippen LogP contribution in [0.4, 0.5) is 0 Å². The molecule has 0 aromatic rings. The van der Waals surface area contributed by atoms with E-state index in [9.17, 15) is 4.79 Å². The SMILES string of the molecule is CCNC(=NCC(CC)CC)NCCNC(=O)C(C)C.I. The number of hydrogen-bond donors (Lipinski definition) is 3. The van der Waals surface area contributed by atoms with Crippen LogP contribution in [0.5, 0.6) is 0 Å². The lowest BCUT2D eigenvalue weighted by molar-refractivity contribution is -0.123. The Balaban J connectivity index is 0. The Labute approximate surface area is 147 Å². The van der Waals surface area contributed by atoms with E-state index in [0.29, 0.717) is 19.0 Å². The molecule has 0 saturated heterocycles. The molecule has 0 rings (SSSR count). The van der Waals surface area contributed by atoms with Crippen LogP contribution < -0.4 is 16.0 Å². The predicted molar refractivity (Wildman–Crippen MR) is 101 cm³/mol. The molecule has 126 valence electrons. The summed E-state index contributed by atoms with van der Waals surface area (Å²) in [6.07, 6.45) is 2.31. The van der Waals surface area contributed by atoms with E-state index in [2.05, 4.69) is 41.7 Å². The number of hydrogen-bond acceptors (Lipinski definition) is 2. The summed E-state index contributed by atoms with van der Waals surface area (Å²) in [5.74, 6) is 1.60. The highest BCUT2D eigenvalue weighted by atomic mass is 127. The van der Waals surface area contributed by atoms with Gasteiger partial charge in [-0.2, -0.15) is 0 Å². The highest BCUT2D eigenvalue weighted by Gasteiger charge is 2.06. The van der Waals surface area contributed by atoms with Crippen LogP contribution in [0.2, 0.25) is 0 Å². The third-order valence-electron chi connectivity index (χ3n) is 3.25. The second-order valence-electron chi connectivity index (χ2n) is 5.27. The first-order valence-corrected chi connectivity index (χ1v) is 7.84. The largest absolute Gasteiger partial charge is 0.357 e. The smallest absolute Gasteiger partial charge is 0.222 e. The lowest BCUT2D eigenvalue weighted by Gasteiger charge is -2.14. The minimum absolute atomic E-state index is 0. The van der Waals surface area contributed by atoms with Crippen molar-refractivity contribution < 1.29 is 4.79 Å². The lowest BCUT2D eigenvalue weighted by Crippen LogP contribution is -2.42. The number of amides is 1. The summed E-state index contributed by atoms with van der Waals surface area (Å²) in [5.41, 5.74) is 0. The van der Waals surface area contributed by atoms with Gasteiger partial charge in [-0.05, 0) is 12.8 Å². The summed E-state index contributed by atoms with van der Waals surface area (Å²) in [6, 6.07) is 0. The molecule has 0 radical (unpaired) electrons. The molecule has 21 heavy (non-hydrogen) atoms. The molecular weight excluding hydrogens is 379 g/mol. The third-order valence-corrected chi connectivity index (χ3v) is 3.25. The molecule has 0 unspecified atom stereocenters. The molecule has 0 aliphatic carbocycles. The van der Waals surface area contributed by atoms with E-state index in [4.69, 9.17) is 0 Å². The number of rotatable bonds is 9. The predicted octanol–water partition coefficient (Wildman–Crippen LogP) is 2.37. The van der Waals surface area contributed by atoms with E-state index < -0.39 is 0 Å². The van der Waals surface area contributed by atoms with Gasteiger partial charge in [0.2, 0.25) is 5.91 Å². The van der Waals surface area contributed by atoms with E-state index in [1.54, 1.807) is 0 Å². The van der Waals surface area contributed by atoms with Gasteiger partial charge in [0.15, 0.2) is 5.96 Å². The van der Waals surface area contributed by atoms with Crippen molar-refractivity contribution in [1.82, 2.24) is 16.0 Å². The van der Waals surface area contributed by atoms with Crippen LogP contribution in [-0.2, 0) is 4.79 Å². The minimum Gasteiger partial charge on any atom is -0.357 e. The van der Waals surface area contributed by atoms with Crippen LogP contribution in [0.3, 0.4) is 0 Å². The van der Waals surface area contributed by atoms with Gasteiger partial charge in [0.05, 0.1) is 0 Å². The number of guanidine groups is 1. The molecule has 0 bridgehead atoms. The standard InChI is InChI=1S/C15H32N4O.HI/c1-6-13(7-2)11-19-15(16-8-3)18-10-9-17-14(20)12(4)5;/h12-13H,6-11H2,1-5H3,(H,17,20)(H2,16,18,19);1H. The van der Waals surface area contributed by atoms with Crippen molar-refractivity contribution in [3.63, 3.8) is 0 Å². The molecule has 0 aliphatic heterocycles. The molecule has 0 atom stereocenters. The molecule has 3 N–H and O–H groups in total. The first kappa shape index (κ1) is 22.7. The van der Waals surface area contributed by atoms with Gasteiger partial charge in [0.25, 0.3) is 0 Å². The summed E-state index contributed by atoms with van der Waals surface area (Å²) in [5, 5.41) is 9.35. The van der Waals surface area contributed by atoms with Crippen molar-refractivity contribution in [3.05, 3.63) is 0 Å². The summed E-state index contributed by atoms with van der Waals surface area (Å²) >= 11 is 0. The lowest BCUT2D eigenvalue weighted by atomic mass is 10.0. The van der Waals surface area contributed by atoms with E-state index >= 15 is 0 Å². The highest BCUT2D eigenvalue weighted by Crippen LogP contribution is 2.06. The fourth-order valence-corrected chi connectivity index (χ4v) is 1.68. The van der Waals surface area contributed by atoms with Crippen LogP contribution >= 0.6 is 24.0 Å². The van der Waals surface area contributed by atoms with Crippen LogP contribution in [0.1, 0.15) is 47.5 Å². The zero-order chi connectivity index (χ0) is 15.4. The van der Waals surface area contributed by atoms with Gasteiger partial charge in [-0.3, -0.25) is 9.79 Å². The first-order valence-electron chi connectivity index (χ1n) is 7.84. The van der Waals surface area contributed by atoms with E-state index in [1.807, 2.05) is 13.8 Å². The fraction of sp³-hybridized carbons (Fsp3) is 0.867. The van der Waals surface area contributed by atoms with E-state index in [0.717, 1.165) is 31.9 Å². The van der Waals surface area contributed by atoms with Crippen LogP contribution in [0, 0.1) is 11.8 Å². The number of aliphatic imine (C=N–C) groups is 1. The molecular formula is C15H33IN4O. The van der Waals surface area contributed by atoms with Crippen LogP contribution in [0.25, 0.3) is 0 Å². The van der Waals surface area contributed by atoms with Gasteiger partial charge >= 0.3 is 0 Å². The van der Waals surface area contributed by atoms with Crippen molar-refractivity contribution in [3.8, 4) is 0 Å². The quantitative estimate of drug-likeness (QED) is 0.236. The summed E-state index contributed by atoms with van der Waals surface area (Å²) in [4.78, 5) is 16.0. The zero-order valence-corrected chi connectivity index (χ0v) is 16.5. The molecule has 0 heterocycles. The maximum Gasteiger partial charge on any atom is 0.222 e. The van der Waals surface area contributed by atoms with Gasteiger partial charge in [0.1, 0.15) is 0 Å². The number of nitrogens with zero attached hydrogens (tertiary/aromatic N) is 1. The Morgan fingerprint density at radius 1 is 1.00 bits per heavy atom. The summed E-state index contributed by atoms with van der Waals surface area (Å²) < 4.78 is 0. The van der Waals surface area contributed by atoms with Crippen molar-refractivity contribution in [2.75, 3.05) is 26.2 Å². The Bertz CT molecular complexity index is 291. The molecule has 0 saturated carbocycles. The maximum atomic E-state index is 11.4. The first-order chi connectivity index (χ1) is 9.54. The van der Waals surface area contributed by atoms with Crippen molar-refractivity contribution in [2.24, 2.45) is 16.8 Å². The molecule has 0 spiro atoms. The minimum atomic E-state index is 0. The average molecular weight is 412 g/mol. The number of halogens is 1. The topological polar surface area (TPSA) is 65.5 Å². The van der Waals surface area contributed by atoms with Gasteiger partial charge in [0, 0.05) is 32.1 Å². The normalized spacial score (nSPS) is 11.3. The highest BCUT2D eigenvalue weighted by molar-refractivity contribution is 14.0. The molecule has 0 aromatic heterocycles. The molecule has 5 nitrogen and oxygen atoms in total. The van der Waals surface area contributed by atoms with Crippen molar-refractivity contribution in [1.29, 1.82) is 0 Å². The van der Waals surface area contributed by atoms with Gasteiger partial charge in [-0.25, -0.2) is 0 Å². The molecule has 1 amide bonds. The van der Waals surface area contributed by atoms with Gasteiger partial charge in [-0.1, -0.05) is 40.5 Å². The van der Waals surface area contributed by atoms with Crippen LogP contribution in [-0.4, -0.2) is 38.0 Å². The fourth-order valence-electron chi connectivity index (χ4n) is 1.68. The number of carbonyl (C=O) groups excluding carboxylic acids is 1. The molecule has 0 fully saturated rings. The maximum absolute atomic E-state index is 11.4. The van der Waals surface area contributed by atoms with E-state index in [-0.39, 0.29) is 35.8 Å². The summed E-state index contributed by atoms with van der Waals surface area (Å²) in [7, 11) is 0. The number of carbonyl (C=O) groups is 1. The summed E-state index contributed by atoms with van der Waals surface area (Å²) in [6.45, 7) is 13.2. The van der Waals surface area contributed by atoms with Crippen LogP contribution in [0.15, 0.2) is 4.99 Å². The Morgan fingerprint density at radius 2 is 1.57 bits per heavy atom. The third kappa shape index (κ3) is 11.8. The average Bonchev–Trinajstić information content (AvgIpc) is 2.43. The van der Waals surface area contributed by atoms with E-state index in [1.165, 1.54) is 0 Å². The van der Waals surface area contributed by atoms with Gasteiger partial charge < -0.3 is 16.0 Å². The van der Waals surface area contributed by atoms with Crippen molar-refractivity contribution >= 4 is 35.8 Å². The Hall–Kier alpha value is -0.530. The van der Waals surface area contributed by atoms with Crippen molar-refractivity contribution in [2.45, 2.75) is 47.5 Å². The van der Waals surface area contributed by atoms with Gasteiger partial charge in [-0.15, -0.1) is 24.0 Å². The molecule has 0 aromatic carbocycles. The molecule has 0 aliphatic rings. The Kier molecular flexibility index (Phi) is 15.6. The second kappa shape index (κ2) is 14.4. The Morgan fingerprint density at radius 3 is 2.05 bits per heavy atom. The monoisotopic (exact) mass is 412 g/mol. The molecule has 6 heteroatoms. The second-order valence-corrected chi connectivity index (χ2v) is 5.27. The zero-order valence-electron chi connectivity index (χ0n) is 14.2. The number of nitrogens with one attached hydrogen (secondary N) is 3.